The Labute approximate surface area is 160 Å². The van der Waals surface area contributed by atoms with Crippen molar-refractivity contribution in [3.63, 3.8) is 0 Å². The lowest BCUT2D eigenvalue weighted by molar-refractivity contribution is 0.470. The molecule has 4 N–H and O–H groups in total. The van der Waals surface area contributed by atoms with Crippen LogP contribution in [0.3, 0.4) is 0 Å². The Morgan fingerprint density at radius 1 is 0.630 bits per heavy atom. The molecule has 0 aliphatic heterocycles. The second kappa shape index (κ2) is 9.53. The maximum atomic E-state index is 10.7. The molecule has 0 unspecified atom stereocenters. The molecule has 4 nitrogen and oxygen atoms in total. The lowest BCUT2D eigenvalue weighted by Gasteiger charge is -2.15. The zero-order valence-electron chi connectivity index (χ0n) is 16.0. The Morgan fingerprint density at radius 2 is 1.04 bits per heavy atom. The number of rotatable bonds is 5. The van der Waals surface area contributed by atoms with E-state index in [1.54, 1.807) is 31.3 Å². The molecule has 3 aromatic carbocycles. The Hall–Kier alpha value is -3.14. The van der Waals surface area contributed by atoms with Gasteiger partial charge < -0.3 is 20.6 Å². The van der Waals surface area contributed by atoms with Crippen molar-refractivity contribution in [3.05, 3.63) is 82.9 Å². The standard InChI is InChI=1S/C21H21NO3.C2H6/c1-22-20-16(12-14-2-8-18(23)9-3-14)6-7-17(21(20)25)13-15-4-10-19(24)11-5-15;1-2/h2-11,22-25H,12-13H2,1H3;1-2H3. The van der Waals surface area contributed by atoms with E-state index >= 15 is 0 Å². The number of benzene rings is 3. The molecule has 0 heterocycles. The number of anilines is 1. The highest BCUT2D eigenvalue weighted by atomic mass is 16.3. The van der Waals surface area contributed by atoms with E-state index in [9.17, 15) is 15.3 Å². The highest BCUT2D eigenvalue weighted by Gasteiger charge is 2.12. The molecule has 0 fully saturated rings. The summed E-state index contributed by atoms with van der Waals surface area (Å²) in [6.45, 7) is 4.00. The first-order valence-corrected chi connectivity index (χ1v) is 9.14. The van der Waals surface area contributed by atoms with Crippen LogP contribution in [0.4, 0.5) is 5.69 Å². The number of nitrogens with one attached hydrogen (secondary N) is 1. The van der Waals surface area contributed by atoms with Crippen LogP contribution in [0, 0.1) is 0 Å². The lowest BCUT2D eigenvalue weighted by Crippen LogP contribution is -2.00. The van der Waals surface area contributed by atoms with E-state index in [0.717, 1.165) is 22.3 Å². The van der Waals surface area contributed by atoms with Gasteiger partial charge in [-0.2, -0.15) is 0 Å². The van der Waals surface area contributed by atoms with E-state index < -0.39 is 0 Å². The normalized spacial score (nSPS) is 10.0. The van der Waals surface area contributed by atoms with Crippen molar-refractivity contribution in [2.75, 3.05) is 12.4 Å². The van der Waals surface area contributed by atoms with E-state index in [1.165, 1.54) is 0 Å². The van der Waals surface area contributed by atoms with Crippen molar-refractivity contribution >= 4 is 5.69 Å². The Balaban J connectivity index is 0.00000126. The second-order valence-electron chi connectivity index (χ2n) is 6.04. The van der Waals surface area contributed by atoms with Gasteiger partial charge in [-0.15, -0.1) is 0 Å². The molecule has 0 bridgehead atoms. The molecule has 0 spiro atoms. The first-order valence-electron chi connectivity index (χ1n) is 9.14. The summed E-state index contributed by atoms with van der Waals surface area (Å²) < 4.78 is 0. The van der Waals surface area contributed by atoms with Crippen LogP contribution in [0.25, 0.3) is 0 Å². The van der Waals surface area contributed by atoms with Crippen LogP contribution < -0.4 is 5.32 Å². The first kappa shape index (κ1) is 20.2. The lowest BCUT2D eigenvalue weighted by atomic mass is 9.97. The SMILES string of the molecule is CC.CNc1c(Cc2ccc(O)cc2)ccc(Cc2ccc(O)cc2)c1O. The molecule has 0 aliphatic carbocycles. The van der Waals surface area contributed by atoms with E-state index in [4.69, 9.17) is 0 Å². The smallest absolute Gasteiger partial charge is 0.142 e. The number of hydrogen-bond donors (Lipinski definition) is 4. The second-order valence-corrected chi connectivity index (χ2v) is 6.04. The van der Waals surface area contributed by atoms with E-state index in [2.05, 4.69) is 5.32 Å². The number of phenols is 3. The minimum absolute atomic E-state index is 0.230. The largest absolute Gasteiger partial charge is 0.508 e. The average molecular weight is 365 g/mol. The molecule has 142 valence electrons. The van der Waals surface area contributed by atoms with Gasteiger partial charge in [0.15, 0.2) is 0 Å². The van der Waals surface area contributed by atoms with Crippen LogP contribution in [0.15, 0.2) is 60.7 Å². The molecule has 27 heavy (non-hydrogen) atoms. The van der Waals surface area contributed by atoms with Gasteiger partial charge in [-0.25, -0.2) is 0 Å². The van der Waals surface area contributed by atoms with Gasteiger partial charge in [-0.1, -0.05) is 50.2 Å². The van der Waals surface area contributed by atoms with Crippen molar-refractivity contribution in [3.8, 4) is 17.2 Å². The van der Waals surface area contributed by atoms with Crippen LogP contribution in [0.1, 0.15) is 36.1 Å². The van der Waals surface area contributed by atoms with Crippen molar-refractivity contribution in [1.82, 2.24) is 0 Å². The minimum atomic E-state index is 0.230. The van der Waals surface area contributed by atoms with Crippen molar-refractivity contribution < 1.29 is 15.3 Å². The van der Waals surface area contributed by atoms with E-state index in [0.29, 0.717) is 18.5 Å². The third-order valence-corrected chi connectivity index (χ3v) is 4.26. The van der Waals surface area contributed by atoms with Gasteiger partial charge in [0.2, 0.25) is 0 Å². The van der Waals surface area contributed by atoms with Gasteiger partial charge in [0.05, 0.1) is 5.69 Å². The number of aromatic hydroxyl groups is 3. The molecule has 0 amide bonds. The Kier molecular flexibility index (Phi) is 7.12. The van der Waals surface area contributed by atoms with Crippen LogP contribution in [0.5, 0.6) is 17.2 Å². The first-order chi connectivity index (χ1) is 13.1. The van der Waals surface area contributed by atoms with Crippen LogP contribution >= 0.6 is 0 Å². The minimum Gasteiger partial charge on any atom is -0.508 e. The molecular formula is C23H27NO3. The van der Waals surface area contributed by atoms with Crippen molar-refractivity contribution in [1.29, 1.82) is 0 Å². The predicted molar refractivity (Wildman–Crippen MR) is 111 cm³/mol. The molecule has 0 saturated heterocycles. The van der Waals surface area contributed by atoms with Crippen LogP contribution in [-0.2, 0) is 12.8 Å². The summed E-state index contributed by atoms with van der Waals surface area (Å²) in [5, 5.41) is 32.5. The topological polar surface area (TPSA) is 72.7 Å². The molecule has 0 atom stereocenters. The fraction of sp³-hybridized carbons (Fsp3) is 0.217. The molecule has 3 rings (SSSR count). The number of phenolic OH excluding ortho intramolecular Hbond substituents is 3. The highest BCUT2D eigenvalue weighted by Crippen LogP contribution is 2.34. The maximum absolute atomic E-state index is 10.7. The highest BCUT2D eigenvalue weighted by molar-refractivity contribution is 5.65. The molecule has 0 saturated carbocycles. The maximum Gasteiger partial charge on any atom is 0.142 e. The Morgan fingerprint density at radius 3 is 1.48 bits per heavy atom. The fourth-order valence-electron chi connectivity index (χ4n) is 2.91. The summed E-state index contributed by atoms with van der Waals surface area (Å²) in [5.41, 5.74) is 4.59. The van der Waals surface area contributed by atoms with E-state index in [-0.39, 0.29) is 17.2 Å². The van der Waals surface area contributed by atoms with Gasteiger partial charge in [-0.05, 0) is 47.4 Å². The van der Waals surface area contributed by atoms with Gasteiger partial charge in [0.1, 0.15) is 17.2 Å². The third-order valence-electron chi connectivity index (χ3n) is 4.26. The van der Waals surface area contributed by atoms with Crippen molar-refractivity contribution in [2.45, 2.75) is 26.7 Å². The summed E-state index contributed by atoms with van der Waals surface area (Å²) in [5.74, 6) is 0.713. The van der Waals surface area contributed by atoms with Gasteiger partial charge in [0.25, 0.3) is 0 Å². The Bertz CT molecular complexity index is 856. The molecule has 4 heteroatoms. The summed E-state index contributed by atoms with van der Waals surface area (Å²) >= 11 is 0. The molecule has 3 aromatic rings. The average Bonchev–Trinajstić information content (AvgIpc) is 2.69. The summed E-state index contributed by atoms with van der Waals surface area (Å²) in [6.07, 6.45) is 1.24. The third kappa shape index (κ3) is 5.17. The van der Waals surface area contributed by atoms with Crippen LogP contribution in [-0.4, -0.2) is 22.4 Å². The molecule has 0 radical (unpaired) electrons. The quantitative estimate of drug-likeness (QED) is 0.477. The number of hydrogen-bond acceptors (Lipinski definition) is 4. The van der Waals surface area contributed by atoms with Gasteiger partial charge in [-0.3, -0.25) is 0 Å². The summed E-state index contributed by atoms with van der Waals surface area (Å²) in [4.78, 5) is 0. The van der Waals surface area contributed by atoms with Gasteiger partial charge >= 0.3 is 0 Å². The molecule has 0 aliphatic rings. The zero-order valence-corrected chi connectivity index (χ0v) is 16.0. The van der Waals surface area contributed by atoms with E-state index in [1.807, 2.05) is 50.2 Å². The fourth-order valence-corrected chi connectivity index (χ4v) is 2.91. The molecular weight excluding hydrogens is 338 g/mol. The summed E-state index contributed by atoms with van der Waals surface area (Å²) in [7, 11) is 1.79. The monoisotopic (exact) mass is 365 g/mol. The zero-order chi connectivity index (χ0) is 19.8. The van der Waals surface area contributed by atoms with Crippen LogP contribution in [0.2, 0.25) is 0 Å². The molecule has 0 aromatic heterocycles. The van der Waals surface area contributed by atoms with Gasteiger partial charge in [0, 0.05) is 19.0 Å². The van der Waals surface area contributed by atoms with Crippen molar-refractivity contribution in [2.24, 2.45) is 0 Å². The predicted octanol–water partition coefficient (Wildman–Crippen LogP) is 5.05. The summed E-state index contributed by atoms with van der Waals surface area (Å²) in [6, 6.07) is 18.0.